The molecule has 4 fully saturated rings. The molecule has 1 aromatic carbocycles. The van der Waals surface area contributed by atoms with E-state index in [4.69, 9.17) is 11.6 Å². The summed E-state index contributed by atoms with van der Waals surface area (Å²) in [6.07, 6.45) is 5.85. The largest absolute Gasteiger partial charge is 0.347 e. The maximum atomic E-state index is 13.0. The molecule has 1 aromatic heterocycles. The highest BCUT2D eigenvalue weighted by Gasteiger charge is 2.60. The fraction of sp³-hybridized carbons (Fsp3) is 0.500. The van der Waals surface area contributed by atoms with Gasteiger partial charge in [-0.1, -0.05) is 30.3 Å². The van der Waals surface area contributed by atoms with E-state index in [9.17, 15) is 9.59 Å². The van der Waals surface area contributed by atoms with Crippen molar-refractivity contribution in [2.75, 3.05) is 11.9 Å². The maximum Gasteiger partial charge on any atom is 0.245 e. The van der Waals surface area contributed by atoms with Crippen LogP contribution in [-0.4, -0.2) is 28.2 Å². The van der Waals surface area contributed by atoms with Gasteiger partial charge >= 0.3 is 0 Å². The van der Waals surface area contributed by atoms with Gasteiger partial charge in [0.1, 0.15) is 0 Å². The van der Waals surface area contributed by atoms with Crippen LogP contribution >= 0.6 is 22.9 Å². The maximum absolute atomic E-state index is 13.0. The summed E-state index contributed by atoms with van der Waals surface area (Å²) in [5.41, 5.74) is 1.46. The Morgan fingerprint density at radius 1 is 1.14 bits per heavy atom. The molecule has 0 saturated heterocycles. The van der Waals surface area contributed by atoms with Gasteiger partial charge in [0, 0.05) is 15.8 Å². The van der Waals surface area contributed by atoms with Gasteiger partial charge in [-0.05, 0) is 50.4 Å². The summed E-state index contributed by atoms with van der Waals surface area (Å²) in [7, 11) is 0. The first-order valence-electron chi connectivity index (χ1n) is 10.2. The second kappa shape index (κ2) is 7.10. The zero-order valence-electron chi connectivity index (χ0n) is 16.1. The van der Waals surface area contributed by atoms with Crippen molar-refractivity contribution in [3.63, 3.8) is 0 Å². The molecular formula is C22H24ClN3O2S. The van der Waals surface area contributed by atoms with Gasteiger partial charge in [0.25, 0.3) is 0 Å². The Morgan fingerprint density at radius 2 is 1.86 bits per heavy atom. The van der Waals surface area contributed by atoms with Crippen molar-refractivity contribution in [2.45, 2.75) is 43.4 Å². The van der Waals surface area contributed by atoms with E-state index in [0.29, 0.717) is 17.0 Å². The number of thiazole rings is 1. The second-order valence-electron chi connectivity index (χ2n) is 9.03. The van der Waals surface area contributed by atoms with Crippen molar-refractivity contribution in [3.8, 4) is 11.3 Å². The van der Waals surface area contributed by atoms with Crippen LogP contribution in [0.15, 0.2) is 35.7 Å². The fourth-order valence-electron chi connectivity index (χ4n) is 6.00. The molecule has 4 aliphatic rings. The lowest BCUT2D eigenvalue weighted by molar-refractivity contribution is -0.145. The number of aromatic nitrogens is 1. The van der Waals surface area contributed by atoms with E-state index in [1.54, 1.807) is 0 Å². The highest BCUT2D eigenvalue weighted by molar-refractivity contribution is 7.14. The highest BCUT2D eigenvalue weighted by atomic mass is 35.5. The van der Waals surface area contributed by atoms with E-state index in [0.717, 1.165) is 43.4 Å². The van der Waals surface area contributed by atoms with Gasteiger partial charge in [-0.25, -0.2) is 4.98 Å². The van der Waals surface area contributed by atoms with Gasteiger partial charge in [-0.3, -0.25) is 9.59 Å². The van der Waals surface area contributed by atoms with Crippen LogP contribution in [0.1, 0.15) is 38.5 Å². The molecule has 2 atom stereocenters. The molecule has 2 unspecified atom stereocenters. The van der Waals surface area contributed by atoms with Crippen molar-refractivity contribution in [2.24, 2.45) is 17.3 Å². The fourth-order valence-corrected chi connectivity index (χ4v) is 7.43. The van der Waals surface area contributed by atoms with E-state index in [1.165, 1.54) is 17.8 Å². The van der Waals surface area contributed by atoms with Gasteiger partial charge in [-0.15, -0.1) is 22.9 Å². The van der Waals surface area contributed by atoms with Crippen LogP contribution in [0.4, 0.5) is 5.13 Å². The number of anilines is 1. The van der Waals surface area contributed by atoms with Crippen LogP contribution in [0.5, 0.6) is 0 Å². The van der Waals surface area contributed by atoms with E-state index in [-0.39, 0.29) is 28.6 Å². The van der Waals surface area contributed by atoms with Crippen LogP contribution in [0.2, 0.25) is 0 Å². The Morgan fingerprint density at radius 3 is 2.55 bits per heavy atom. The van der Waals surface area contributed by atoms with Crippen LogP contribution in [0.25, 0.3) is 11.3 Å². The van der Waals surface area contributed by atoms with Crippen molar-refractivity contribution in [1.82, 2.24) is 10.3 Å². The lowest BCUT2D eigenvalue weighted by Gasteiger charge is -2.59. The third kappa shape index (κ3) is 3.68. The molecule has 4 aliphatic carbocycles. The molecule has 4 bridgehead atoms. The van der Waals surface area contributed by atoms with Gasteiger partial charge in [-0.2, -0.15) is 0 Å². The lowest BCUT2D eigenvalue weighted by atomic mass is 9.49. The van der Waals surface area contributed by atoms with Crippen molar-refractivity contribution in [1.29, 1.82) is 0 Å². The third-order valence-corrected chi connectivity index (χ3v) is 7.90. The number of rotatable bonds is 5. The van der Waals surface area contributed by atoms with Crippen LogP contribution in [0, 0.1) is 17.3 Å². The molecule has 152 valence electrons. The molecule has 2 aromatic rings. The molecule has 0 radical (unpaired) electrons. The number of carbonyl (C=O) groups is 2. The standard InChI is InChI=1S/C22H24ClN3O2S/c23-22-9-14-6-15(10-22)8-21(7-14,13-22)19(28)24-11-18(27)26-20-25-17(12-29-20)16-4-2-1-3-5-16/h1-5,12,14-15H,6-11,13H2,(H,24,28)(H,25,26,27). The number of nitrogens with zero attached hydrogens (tertiary/aromatic N) is 1. The first-order chi connectivity index (χ1) is 13.9. The van der Waals surface area contributed by atoms with E-state index in [1.807, 2.05) is 35.7 Å². The number of amides is 2. The van der Waals surface area contributed by atoms with Crippen molar-refractivity contribution in [3.05, 3.63) is 35.7 Å². The van der Waals surface area contributed by atoms with E-state index >= 15 is 0 Å². The SMILES string of the molecule is O=C(CNC(=O)C12CC3CC(CC(Cl)(C3)C1)C2)Nc1nc(-c2ccccc2)cs1. The normalized spacial score (nSPS) is 32.2. The Balaban J connectivity index is 1.18. The first-order valence-corrected chi connectivity index (χ1v) is 11.5. The predicted octanol–water partition coefficient (Wildman–Crippen LogP) is 4.44. The number of hydrogen-bond acceptors (Lipinski definition) is 4. The smallest absolute Gasteiger partial charge is 0.245 e. The molecule has 1 heterocycles. The van der Waals surface area contributed by atoms with E-state index < -0.39 is 0 Å². The van der Waals surface area contributed by atoms with Crippen molar-refractivity contribution >= 4 is 39.9 Å². The number of halogens is 1. The zero-order chi connectivity index (χ0) is 20.1. The summed E-state index contributed by atoms with van der Waals surface area (Å²) in [6.45, 7) is -0.0363. The zero-order valence-corrected chi connectivity index (χ0v) is 17.7. The average molecular weight is 430 g/mol. The Hall–Kier alpha value is -1.92. The minimum absolute atomic E-state index is 0.00381. The minimum atomic E-state index is -0.381. The number of hydrogen-bond donors (Lipinski definition) is 2. The predicted molar refractivity (Wildman–Crippen MR) is 115 cm³/mol. The molecule has 0 aliphatic heterocycles. The molecule has 6 rings (SSSR count). The van der Waals surface area contributed by atoms with Crippen molar-refractivity contribution < 1.29 is 9.59 Å². The first kappa shape index (κ1) is 19.1. The van der Waals surface area contributed by atoms with E-state index in [2.05, 4.69) is 15.6 Å². The summed E-state index contributed by atoms with van der Waals surface area (Å²) in [5, 5.41) is 8.13. The summed E-state index contributed by atoms with van der Waals surface area (Å²) in [4.78, 5) is 29.6. The topological polar surface area (TPSA) is 71.1 Å². The van der Waals surface area contributed by atoms with Gasteiger partial charge in [0.2, 0.25) is 11.8 Å². The lowest BCUT2D eigenvalue weighted by Crippen LogP contribution is -2.58. The monoisotopic (exact) mass is 429 g/mol. The number of benzene rings is 1. The molecule has 5 nitrogen and oxygen atoms in total. The summed E-state index contributed by atoms with van der Waals surface area (Å²) < 4.78 is 0. The molecule has 29 heavy (non-hydrogen) atoms. The Labute approximate surface area is 179 Å². The number of carbonyl (C=O) groups excluding carboxylic acids is 2. The van der Waals surface area contributed by atoms with Crippen LogP contribution < -0.4 is 10.6 Å². The highest BCUT2D eigenvalue weighted by Crippen LogP contribution is 2.63. The average Bonchev–Trinajstić information content (AvgIpc) is 3.13. The Bertz CT molecular complexity index is 931. The summed E-state index contributed by atoms with van der Waals surface area (Å²) in [5.74, 6) is 0.855. The molecule has 2 N–H and O–H groups in total. The molecule has 0 spiro atoms. The van der Waals surface area contributed by atoms with Crippen LogP contribution in [0.3, 0.4) is 0 Å². The number of alkyl halides is 1. The quantitative estimate of drug-likeness (QED) is 0.690. The van der Waals surface area contributed by atoms with Gasteiger partial charge in [0.05, 0.1) is 17.7 Å². The van der Waals surface area contributed by atoms with Gasteiger partial charge in [0.15, 0.2) is 5.13 Å². The van der Waals surface area contributed by atoms with Crippen LogP contribution in [-0.2, 0) is 9.59 Å². The second-order valence-corrected chi connectivity index (χ2v) is 10.7. The minimum Gasteiger partial charge on any atom is -0.347 e. The molecular weight excluding hydrogens is 406 g/mol. The molecule has 4 saturated carbocycles. The molecule has 7 heteroatoms. The molecule has 2 amide bonds. The number of nitrogens with one attached hydrogen (secondary N) is 2. The Kier molecular flexibility index (Phi) is 4.67. The van der Waals surface area contributed by atoms with Gasteiger partial charge < -0.3 is 10.6 Å². The third-order valence-electron chi connectivity index (χ3n) is 6.70. The summed E-state index contributed by atoms with van der Waals surface area (Å²) in [6, 6.07) is 9.83. The summed E-state index contributed by atoms with van der Waals surface area (Å²) >= 11 is 8.20.